The molecule has 37 heavy (non-hydrogen) atoms. The smallest absolute Gasteiger partial charge is 0.337 e. The number of carbonyl (C=O) groups is 2. The van der Waals surface area contributed by atoms with Crippen molar-refractivity contribution in [2.45, 2.75) is 45.3 Å². The van der Waals surface area contributed by atoms with Gasteiger partial charge >= 0.3 is 11.9 Å². The third kappa shape index (κ3) is 5.72. The van der Waals surface area contributed by atoms with Gasteiger partial charge in [-0.3, -0.25) is 10.1 Å². The number of non-ortho nitro benzene ring substituents is 1. The van der Waals surface area contributed by atoms with E-state index in [1.165, 1.54) is 23.8 Å². The number of allylic oxidation sites excluding steroid dienone is 2. The number of ether oxygens (including phenoxy) is 1. The van der Waals surface area contributed by atoms with Gasteiger partial charge in [-0.05, 0) is 25.8 Å². The predicted molar refractivity (Wildman–Crippen MR) is 137 cm³/mol. The molecule has 2 N–H and O–H groups in total. The summed E-state index contributed by atoms with van der Waals surface area (Å²) in [4.78, 5) is 36.8. The lowest BCUT2D eigenvalue weighted by atomic mass is 9.80. The summed E-state index contributed by atoms with van der Waals surface area (Å²) < 4.78 is 6.75. The second-order valence-corrected chi connectivity index (χ2v) is 10.1. The maximum Gasteiger partial charge on any atom is 0.337 e. The molecule has 9 heteroatoms. The van der Waals surface area contributed by atoms with Gasteiger partial charge in [0.05, 0.1) is 35.6 Å². The fraction of sp³-hybridized carbons (Fsp3) is 0.357. The van der Waals surface area contributed by atoms with E-state index >= 15 is 0 Å². The van der Waals surface area contributed by atoms with Crippen molar-refractivity contribution >= 4 is 17.6 Å². The van der Waals surface area contributed by atoms with Crippen molar-refractivity contribution in [3.05, 3.63) is 98.4 Å². The van der Waals surface area contributed by atoms with Crippen molar-refractivity contribution in [1.29, 1.82) is 0 Å². The molecule has 2 aliphatic heterocycles. The highest BCUT2D eigenvalue weighted by molar-refractivity contribution is 5.99. The summed E-state index contributed by atoms with van der Waals surface area (Å²) >= 11 is 0. The van der Waals surface area contributed by atoms with E-state index in [0.717, 1.165) is 30.4 Å². The molecule has 1 fully saturated rings. The Labute approximate surface area is 215 Å². The van der Waals surface area contributed by atoms with Crippen LogP contribution in [0.25, 0.3) is 0 Å². The average Bonchev–Trinajstić information content (AvgIpc) is 2.83. The van der Waals surface area contributed by atoms with Gasteiger partial charge in [-0.25, -0.2) is 9.59 Å². The summed E-state index contributed by atoms with van der Waals surface area (Å²) in [5, 5.41) is 24.4. The lowest BCUT2D eigenvalue weighted by Gasteiger charge is -2.41. The van der Waals surface area contributed by atoms with Gasteiger partial charge in [-0.2, -0.15) is 0 Å². The third-order valence-electron chi connectivity index (χ3n) is 7.17. The molecule has 0 spiro atoms. The van der Waals surface area contributed by atoms with Gasteiger partial charge in [0.2, 0.25) is 0 Å². The molecule has 0 aliphatic carbocycles. The SMILES string of the molecule is CC1=C(C(=O)O)[C@H](c2cccc([N+](=O)[O-])c2)C(C(=O)O[C@H]2CCC[N@+](C)(Cc3ccccc3)C2)=C(C)N1. The Morgan fingerprint density at radius 2 is 1.81 bits per heavy atom. The summed E-state index contributed by atoms with van der Waals surface area (Å²) in [6.07, 6.45) is 1.28. The minimum Gasteiger partial charge on any atom is -0.478 e. The molecule has 0 saturated carbocycles. The van der Waals surface area contributed by atoms with Crippen LogP contribution < -0.4 is 5.32 Å². The Balaban J connectivity index is 1.62. The minimum atomic E-state index is -1.20. The van der Waals surface area contributed by atoms with Crippen molar-refractivity contribution in [2.75, 3.05) is 20.1 Å². The molecule has 2 aromatic rings. The van der Waals surface area contributed by atoms with E-state index in [0.29, 0.717) is 23.5 Å². The Morgan fingerprint density at radius 1 is 1.11 bits per heavy atom. The number of nitrogens with zero attached hydrogens (tertiary/aromatic N) is 2. The third-order valence-corrected chi connectivity index (χ3v) is 7.17. The number of nitro benzene ring substituents is 1. The van der Waals surface area contributed by atoms with Gasteiger partial charge in [0.15, 0.2) is 6.10 Å². The minimum absolute atomic E-state index is 0.0358. The van der Waals surface area contributed by atoms with Crippen LogP contribution in [0, 0.1) is 10.1 Å². The molecule has 9 nitrogen and oxygen atoms in total. The Bertz CT molecular complexity index is 1290. The van der Waals surface area contributed by atoms with Crippen molar-refractivity contribution in [1.82, 2.24) is 5.32 Å². The molecule has 0 aromatic heterocycles. The predicted octanol–water partition coefficient (Wildman–Crippen LogP) is 4.27. The van der Waals surface area contributed by atoms with Gasteiger partial charge < -0.3 is 19.6 Å². The van der Waals surface area contributed by atoms with E-state index in [2.05, 4.69) is 24.5 Å². The average molecular weight is 507 g/mol. The van der Waals surface area contributed by atoms with E-state index in [4.69, 9.17) is 4.74 Å². The Kier molecular flexibility index (Phi) is 7.45. The first kappa shape index (κ1) is 26.1. The fourth-order valence-corrected chi connectivity index (χ4v) is 5.55. The highest BCUT2D eigenvalue weighted by Gasteiger charge is 2.40. The number of nitro groups is 1. The van der Waals surface area contributed by atoms with Crippen molar-refractivity contribution in [2.24, 2.45) is 0 Å². The van der Waals surface area contributed by atoms with Crippen LogP contribution >= 0.6 is 0 Å². The molecular weight excluding hydrogens is 474 g/mol. The zero-order valence-corrected chi connectivity index (χ0v) is 21.3. The molecule has 1 saturated heterocycles. The second-order valence-electron chi connectivity index (χ2n) is 10.1. The van der Waals surface area contributed by atoms with Crippen LogP contribution in [0.2, 0.25) is 0 Å². The van der Waals surface area contributed by atoms with Gasteiger partial charge in [-0.15, -0.1) is 0 Å². The van der Waals surface area contributed by atoms with E-state index in [9.17, 15) is 24.8 Å². The lowest BCUT2D eigenvalue weighted by Crippen LogP contribution is -2.53. The number of dihydropyridines is 1. The number of esters is 1. The summed E-state index contributed by atoms with van der Waals surface area (Å²) in [6.45, 7) is 5.74. The summed E-state index contributed by atoms with van der Waals surface area (Å²) in [6, 6.07) is 15.9. The van der Waals surface area contributed by atoms with E-state index < -0.39 is 22.8 Å². The maximum atomic E-state index is 13.6. The second kappa shape index (κ2) is 10.6. The zero-order chi connectivity index (χ0) is 26.7. The van der Waals surface area contributed by atoms with E-state index in [1.54, 1.807) is 19.9 Å². The van der Waals surface area contributed by atoms with Crippen LogP contribution in [0.1, 0.15) is 43.7 Å². The van der Waals surface area contributed by atoms with Crippen LogP contribution in [-0.2, 0) is 20.9 Å². The first-order chi connectivity index (χ1) is 17.6. The number of rotatable bonds is 7. The van der Waals surface area contributed by atoms with Gasteiger partial charge in [0, 0.05) is 35.5 Å². The highest BCUT2D eigenvalue weighted by atomic mass is 16.6. The number of hydrogen-bond acceptors (Lipinski definition) is 6. The molecule has 0 unspecified atom stereocenters. The quantitative estimate of drug-likeness (QED) is 0.249. The van der Waals surface area contributed by atoms with Crippen LogP contribution in [0.3, 0.4) is 0 Å². The van der Waals surface area contributed by atoms with Gasteiger partial charge in [0.1, 0.15) is 13.1 Å². The van der Waals surface area contributed by atoms with Crippen LogP contribution in [-0.4, -0.2) is 52.7 Å². The number of likely N-dealkylation sites (tertiary alicyclic amines) is 1. The van der Waals surface area contributed by atoms with Crippen LogP contribution in [0.5, 0.6) is 0 Å². The number of aliphatic carboxylic acids is 1. The molecule has 2 aromatic carbocycles. The first-order valence-corrected chi connectivity index (χ1v) is 12.3. The molecule has 2 aliphatic rings. The number of carboxylic acids is 1. The molecular formula is C28H32N3O6+. The number of quaternary nitrogens is 1. The zero-order valence-electron chi connectivity index (χ0n) is 21.3. The largest absolute Gasteiger partial charge is 0.478 e. The number of carbonyl (C=O) groups excluding carboxylic acids is 1. The number of piperidine rings is 1. The fourth-order valence-electron chi connectivity index (χ4n) is 5.55. The lowest BCUT2D eigenvalue weighted by molar-refractivity contribution is -0.929. The molecule has 0 radical (unpaired) electrons. The van der Waals surface area contributed by atoms with Gasteiger partial charge in [0.25, 0.3) is 5.69 Å². The van der Waals surface area contributed by atoms with Gasteiger partial charge in [-0.1, -0.05) is 42.5 Å². The Hall–Kier alpha value is -3.98. The standard InChI is InChI=1S/C28H31N3O6/c1-18-24(27(32)33)26(21-11-7-12-22(15-21)30(35)36)25(19(2)29-18)28(34)37-23-13-8-14-31(3,17-23)16-20-9-5-4-6-10-20/h4-7,9-12,15,23,26H,8,13-14,16-17H2,1-3H3,(H-,29,32,33,34)/p+1/t23-,26-,31+/m0/s1. The number of benzene rings is 2. The highest BCUT2D eigenvalue weighted by Crippen LogP contribution is 2.40. The number of nitrogens with one attached hydrogen (secondary N) is 1. The van der Waals surface area contributed by atoms with E-state index in [1.807, 2.05) is 18.2 Å². The molecule has 194 valence electrons. The molecule has 2 heterocycles. The van der Waals surface area contributed by atoms with Crippen LogP contribution in [0.15, 0.2) is 77.1 Å². The molecule has 4 rings (SSSR count). The number of carboxylic acid groups (broad SMARTS) is 1. The number of likely N-dealkylation sites (N-methyl/N-ethyl adjacent to an activating group) is 1. The van der Waals surface area contributed by atoms with Crippen LogP contribution in [0.4, 0.5) is 5.69 Å². The summed E-state index contributed by atoms with van der Waals surface area (Å²) in [5.41, 5.74) is 2.36. The summed E-state index contributed by atoms with van der Waals surface area (Å²) in [7, 11) is 2.15. The Morgan fingerprint density at radius 3 is 2.49 bits per heavy atom. The van der Waals surface area contributed by atoms with Crippen molar-refractivity contribution in [3.8, 4) is 0 Å². The first-order valence-electron chi connectivity index (χ1n) is 12.3. The molecule has 0 amide bonds. The van der Waals surface area contributed by atoms with Crippen molar-refractivity contribution in [3.63, 3.8) is 0 Å². The topological polar surface area (TPSA) is 119 Å². The normalized spacial score (nSPS) is 23.9. The molecule has 3 atom stereocenters. The monoisotopic (exact) mass is 506 g/mol. The molecule has 0 bridgehead atoms. The van der Waals surface area contributed by atoms with Crippen molar-refractivity contribution < 1.29 is 28.8 Å². The number of hydrogen-bond donors (Lipinski definition) is 2. The summed E-state index contributed by atoms with van der Waals surface area (Å²) in [5.74, 6) is -2.81. The maximum absolute atomic E-state index is 13.6. The van der Waals surface area contributed by atoms with E-state index in [-0.39, 0.29) is 22.9 Å².